The summed E-state index contributed by atoms with van der Waals surface area (Å²) in [7, 11) is 0. The molecule has 23 heavy (non-hydrogen) atoms. The molecule has 3 heterocycles. The van der Waals surface area contributed by atoms with E-state index in [-0.39, 0.29) is 6.03 Å². The average molecular weight is 315 g/mol. The molecule has 3 fully saturated rings. The molecule has 3 aliphatic rings. The minimum absolute atomic E-state index is 0.118. The van der Waals surface area contributed by atoms with E-state index in [0.29, 0.717) is 24.0 Å². The van der Waals surface area contributed by atoms with Crippen LogP contribution in [-0.4, -0.2) is 47.8 Å². The predicted octanol–water partition coefficient (Wildman–Crippen LogP) is 2.54. The summed E-state index contributed by atoms with van der Waals surface area (Å²) >= 11 is 0. The molecule has 2 aliphatic heterocycles. The van der Waals surface area contributed by atoms with E-state index in [0.717, 1.165) is 45.4 Å². The van der Waals surface area contributed by atoms with Gasteiger partial charge >= 0.3 is 6.03 Å². The number of piperidine rings is 1. The molecule has 0 spiro atoms. The van der Waals surface area contributed by atoms with E-state index in [1.807, 2.05) is 17.3 Å². The second-order valence-corrected chi connectivity index (χ2v) is 7.05. The summed E-state index contributed by atoms with van der Waals surface area (Å²) in [6, 6.07) is 4.63. The summed E-state index contributed by atoms with van der Waals surface area (Å²) in [4.78, 5) is 18.5. The molecular weight excluding hydrogens is 290 g/mol. The van der Waals surface area contributed by atoms with Crippen LogP contribution in [0.3, 0.4) is 0 Å². The minimum atomic E-state index is 0.118. The van der Waals surface area contributed by atoms with Crippen molar-refractivity contribution in [1.29, 1.82) is 0 Å². The Kier molecular flexibility index (Phi) is 4.21. The number of urea groups is 1. The van der Waals surface area contributed by atoms with E-state index in [1.165, 1.54) is 12.0 Å². The van der Waals surface area contributed by atoms with Crippen molar-refractivity contribution in [2.45, 2.75) is 50.2 Å². The minimum Gasteiger partial charge on any atom is -0.378 e. The lowest BCUT2D eigenvalue weighted by Crippen LogP contribution is -2.60. The fourth-order valence-corrected chi connectivity index (χ4v) is 4.26. The first-order chi connectivity index (χ1) is 11.3. The van der Waals surface area contributed by atoms with E-state index in [2.05, 4.69) is 22.4 Å². The SMILES string of the molecule is O=C(NC1CC2OCCCC12)N1CCC(c2ccncc2)CC1. The molecule has 3 unspecified atom stereocenters. The maximum atomic E-state index is 12.5. The fraction of sp³-hybridized carbons (Fsp3) is 0.667. The molecule has 1 aromatic heterocycles. The Hall–Kier alpha value is -1.62. The van der Waals surface area contributed by atoms with Gasteiger partial charge in [-0.15, -0.1) is 0 Å². The summed E-state index contributed by atoms with van der Waals surface area (Å²) in [5.74, 6) is 1.10. The number of carbonyl (C=O) groups is 1. The van der Waals surface area contributed by atoms with Crippen LogP contribution in [0.1, 0.15) is 43.6 Å². The lowest BCUT2D eigenvalue weighted by molar-refractivity contribution is -0.101. The highest BCUT2D eigenvalue weighted by atomic mass is 16.5. The van der Waals surface area contributed by atoms with Crippen molar-refractivity contribution in [3.8, 4) is 0 Å². The van der Waals surface area contributed by atoms with Crippen LogP contribution in [0.2, 0.25) is 0 Å². The summed E-state index contributed by atoms with van der Waals surface area (Å²) in [6.07, 6.45) is 9.50. The maximum Gasteiger partial charge on any atom is 0.317 e. The van der Waals surface area contributed by atoms with Crippen LogP contribution < -0.4 is 5.32 Å². The molecule has 1 N–H and O–H groups in total. The standard InChI is InChI=1S/C18H25N3O2/c22-18(20-16-12-17-15(16)2-1-11-23-17)21-9-5-14(6-10-21)13-3-7-19-8-4-13/h3-4,7-8,14-17H,1-2,5-6,9-12H2,(H,20,22). The fourth-order valence-electron chi connectivity index (χ4n) is 4.26. The molecule has 5 nitrogen and oxygen atoms in total. The van der Waals surface area contributed by atoms with Crippen LogP contribution in [0.15, 0.2) is 24.5 Å². The second kappa shape index (κ2) is 6.48. The number of pyridine rings is 1. The molecule has 4 rings (SSSR count). The van der Waals surface area contributed by atoms with Crippen molar-refractivity contribution in [2.75, 3.05) is 19.7 Å². The van der Waals surface area contributed by atoms with Crippen LogP contribution in [0.25, 0.3) is 0 Å². The van der Waals surface area contributed by atoms with Gasteiger partial charge in [0, 0.05) is 44.0 Å². The molecule has 1 aliphatic carbocycles. The monoisotopic (exact) mass is 315 g/mol. The van der Waals surface area contributed by atoms with E-state index in [4.69, 9.17) is 4.74 Å². The zero-order valence-electron chi connectivity index (χ0n) is 13.5. The largest absolute Gasteiger partial charge is 0.378 e. The first kappa shape index (κ1) is 14.9. The topological polar surface area (TPSA) is 54.5 Å². The van der Waals surface area contributed by atoms with Crippen LogP contribution in [-0.2, 0) is 4.74 Å². The zero-order valence-corrected chi connectivity index (χ0v) is 13.5. The van der Waals surface area contributed by atoms with Gasteiger partial charge in [0.05, 0.1) is 6.10 Å². The molecule has 0 aromatic carbocycles. The van der Waals surface area contributed by atoms with Gasteiger partial charge < -0.3 is 15.0 Å². The lowest BCUT2D eigenvalue weighted by Gasteiger charge is -2.48. The van der Waals surface area contributed by atoms with Crippen LogP contribution >= 0.6 is 0 Å². The number of aromatic nitrogens is 1. The third kappa shape index (κ3) is 3.07. The van der Waals surface area contributed by atoms with E-state index in [9.17, 15) is 4.79 Å². The highest BCUT2D eigenvalue weighted by Crippen LogP contribution is 2.38. The van der Waals surface area contributed by atoms with Gasteiger partial charge in [0.15, 0.2) is 0 Å². The van der Waals surface area contributed by atoms with Crippen molar-refractivity contribution in [1.82, 2.24) is 15.2 Å². The van der Waals surface area contributed by atoms with Crippen molar-refractivity contribution in [3.63, 3.8) is 0 Å². The van der Waals surface area contributed by atoms with Gasteiger partial charge in [0.25, 0.3) is 0 Å². The Morgan fingerprint density at radius 1 is 1.22 bits per heavy atom. The Labute approximate surface area is 137 Å². The van der Waals surface area contributed by atoms with Gasteiger partial charge in [0.2, 0.25) is 0 Å². The predicted molar refractivity (Wildman–Crippen MR) is 87.2 cm³/mol. The van der Waals surface area contributed by atoms with Crippen molar-refractivity contribution >= 4 is 6.03 Å². The Balaban J connectivity index is 1.26. The number of fused-ring (bicyclic) bond motifs is 1. The van der Waals surface area contributed by atoms with Gasteiger partial charge in [0.1, 0.15) is 0 Å². The van der Waals surface area contributed by atoms with Gasteiger partial charge in [-0.2, -0.15) is 0 Å². The molecule has 124 valence electrons. The molecule has 1 aromatic rings. The Bertz CT molecular complexity index is 542. The van der Waals surface area contributed by atoms with Gasteiger partial charge in [-0.05, 0) is 55.7 Å². The average Bonchev–Trinajstić information content (AvgIpc) is 2.60. The smallest absolute Gasteiger partial charge is 0.317 e. The quantitative estimate of drug-likeness (QED) is 0.912. The molecule has 1 saturated carbocycles. The van der Waals surface area contributed by atoms with Crippen LogP contribution in [0.4, 0.5) is 4.79 Å². The molecular formula is C18H25N3O2. The van der Waals surface area contributed by atoms with Crippen molar-refractivity contribution in [3.05, 3.63) is 30.1 Å². The summed E-state index contributed by atoms with van der Waals surface area (Å²) in [5, 5.41) is 3.24. The zero-order chi connectivity index (χ0) is 15.6. The van der Waals surface area contributed by atoms with Crippen molar-refractivity contribution in [2.24, 2.45) is 5.92 Å². The molecule has 5 heteroatoms. The number of hydrogen-bond acceptors (Lipinski definition) is 3. The summed E-state index contributed by atoms with van der Waals surface area (Å²) in [6.45, 7) is 2.58. The number of nitrogens with one attached hydrogen (secondary N) is 1. The normalized spacial score (nSPS) is 31.1. The highest BCUT2D eigenvalue weighted by Gasteiger charge is 2.44. The number of rotatable bonds is 2. The third-order valence-corrected chi connectivity index (χ3v) is 5.76. The Morgan fingerprint density at radius 3 is 2.74 bits per heavy atom. The van der Waals surface area contributed by atoms with Gasteiger partial charge in [-0.25, -0.2) is 4.79 Å². The first-order valence-electron chi connectivity index (χ1n) is 8.88. The second-order valence-electron chi connectivity index (χ2n) is 7.05. The number of ether oxygens (including phenoxy) is 1. The number of amides is 2. The molecule has 2 amide bonds. The molecule has 3 atom stereocenters. The van der Waals surface area contributed by atoms with Crippen LogP contribution in [0, 0.1) is 5.92 Å². The number of nitrogens with zero attached hydrogens (tertiary/aromatic N) is 2. The number of likely N-dealkylation sites (tertiary alicyclic amines) is 1. The van der Waals surface area contributed by atoms with Crippen molar-refractivity contribution < 1.29 is 9.53 Å². The molecule has 0 bridgehead atoms. The molecule has 2 saturated heterocycles. The van der Waals surface area contributed by atoms with E-state index >= 15 is 0 Å². The van der Waals surface area contributed by atoms with Gasteiger partial charge in [-0.3, -0.25) is 4.98 Å². The Morgan fingerprint density at radius 2 is 2.00 bits per heavy atom. The number of hydrogen-bond donors (Lipinski definition) is 1. The number of carbonyl (C=O) groups excluding carboxylic acids is 1. The highest BCUT2D eigenvalue weighted by molar-refractivity contribution is 5.74. The maximum absolute atomic E-state index is 12.5. The van der Waals surface area contributed by atoms with E-state index in [1.54, 1.807) is 0 Å². The van der Waals surface area contributed by atoms with Gasteiger partial charge in [-0.1, -0.05) is 0 Å². The lowest BCUT2D eigenvalue weighted by atomic mass is 9.72. The summed E-state index contributed by atoms with van der Waals surface area (Å²) < 4.78 is 5.73. The molecule has 0 radical (unpaired) electrons. The third-order valence-electron chi connectivity index (χ3n) is 5.76. The van der Waals surface area contributed by atoms with Crippen LogP contribution in [0.5, 0.6) is 0 Å². The summed E-state index contributed by atoms with van der Waals surface area (Å²) in [5.41, 5.74) is 1.35. The van der Waals surface area contributed by atoms with E-state index < -0.39 is 0 Å². The first-order valence-corrected chi connectivity index (χ1v) is 8.88.